The average molecular weight is 298 g/mol. The van der Waals surface area contributed by atoms with Gasteiger partial charge in [0.1, 0.15) is 11.5 Å². The Morgan fingerprint density at radius 3 is 2.30 bits per heavy atom. The van der Waals surface area contributed by atoms with Crippen LogP contribution in [0.2, 0.25) is 5.02 Å². The fraction of sp³-hybridized carbons (Fsp3) is 0.667. The number of halogens is 1. The molecule has 1 rings (SSSR count). The van der Waals surface area contributed by atoms with Crippen molar-refractivity contribution in [3.63, 3.8) is 0 Å². The molecule has 5 heteroatoms. The molecule has 20 heavy (non-hydrogen) atoms. The summed E-state index contributed by atoms with van der Waals surface area (Å²) in [6.45, 7) is 10.2. The highest BCUT2D eigenvalue weighted by molar-refractivity contribution is 6.33. The summed E-state index contributed by atoms with van der Waals surface area (Å²) < 4.78 is 0. The third-order valence-electron chi connectivity index (χ3n) is 3.90. The lowest BCUT2D eigenvalue weighted by atomic mass is 9.89. The first-order valence-electron chi connectivity index (χ1n) is 7.24. The Kier molecular flexibility index (Phi) is 5.93. The molecule has 0 aliphatic heterocycles. The van der Waals surface area contributed by atoms with Gasteiger partial charge in [0.05, 0.1) is 11.2 Å². The smallest absolute Gasteiger partial charge is 0.272 e. The van der Waals surface area contributed by atoms with E-state index in [2.05, 4.69) is 36.1 Å². The first kappa shape index (κ1) is 16.9. The van der Waals surface area contributed by atoms with Gasteiger partial charge >= 0.3 is 0 Å². The Hall–Kier alpha value is -1.16. The molecule has 0 unspecified atom stereocenters. The number of hydrogen-bond donors (Lipinski definition) is 1. The number of amides is 1. The Balaban J connectivity index is 3.05. The van der Waals surface area contributed by atoms with Gasteiger partial charge in [-0.05, 0) is 19.3 Å². The normalized spacial score (nSPS) is 11.8. The molecule has 112 valence electrons. The van der Waals surface area contributed by atoms with Crippen LogP contribution < -0.4 is 5.32 Å². The van der Waals surface area contributed by atoms with Crippen molar-refractivity contribution in [2.45, 2.75) is 65.3 Å². The van der Waals surface area contributed by atoms with Crippen LogP contribution in [0.1, 0.15) is 76.1 Å². The van der Waals surface area contributed by atoms with E-state index in [-0.39, 0.29) is 23.1 Å². The number of carbonyl (C=O) groups is 1. The predicted octanol–water partition coefficient (Wildman–Crippen LogP) is 3.95. The van der Waals surface area contributed by atoms with Crippen LogP contribution in [-0.4, -0.2) is 21.4 Å². The van der Waals surface area contributed by atoms with Crippen molar-refractivity contribution in [2.75, 3.05) is 0 Å². The molecular weight excluding hydrogens is 274 g/mol. The third kappa shape index (κ3) is 3.69. The Labute approximate surface area is 126 Å². The number of nitrogens with one attached hydrogen (secondary N) is 1. The van der Waals surface area contributed by atoms with Crippen LogP contribution in [0, 0.1) is 0 Å². The van der Waals surface area contributed by atoms with Crippen LogP contribution in [0.25, 0.3) is 0 Å². The maximum absolute atomic E-state index is 12.4. The van der Waals surface area contributed by atoms with E-state index < -0.39 is 0 Å². The minimum Gasteiger partial charge on any atom is -0.345 e. The molecule has 1 aromatic heterocycles. The zero-order valence-corrected chi connectivity index (χ0v) is 13.7. The van der Waals surface area contributed by atoms with Gasteiger partial charge in [0.25, 0.3) is 5.91 Å². The summed E-state index contributed by atoms with van der Waals surface area (Å²) in [6, 6.07) is 0. The first-order valence-corrected chi connectivity index (χ1v) is 7.61. The number of rotatable bonds is 6. The summed E-state index contributed by atoms with van der Waals surface area (Å²) in [5.41, 5.74) is 0.0775. The molecule has 0 spiro atoms. The molecular formula is C15H24ClN3O. The molecule has 0 aromatic carbocycles. The fourth-order valence-electron chi connectivity index (χ4n) is 2.13. The molecule has 1 heterocycles. The van der Waals surface area contributed by atoms with Crippen molar-refractivity contribution in [1.29, 1.82) is 0 Å². The maximum Gasteiger partial charge on any atom is 0.272 e. The molecule has 0 radical (unpaired) electrons. The SMILES string of the molecule is CCC(CC)(CC)NC(=O)c1nc(C(C)C)ncc1Cl. The molecule has 0 saturated heterocycles. The van der Waals surface area contributed by atoms with Crippen LogP contribution >= 0.6 is 11.6 Å². The highest BCUT2D eigenvalue weighted by atomic mass is 35.5. The molecule has 0 aliphatic rings. The van der Waals surface area contributed by atoms with E-state index in [1.165, 1.54) is 6.20 Å². The molecule has 0 aliphatic carbocycles. The monoisotopic (exact) mass is 297 g/mol. The number of hydrogen-bond acceptors (Lipinski definition) is 3. The molecule has 0 fully saturated rings. The van der Waals surface area contributed by atoms with Gasteiger partial charge in [-0.3, -0.25) is 4.79 Å². The Morgan fingerprint density at radius 1 is 1.30 bits per heavy atom. The summed E-state index contributed by atoms with van der Waals surface area (Å²) in [5, 5.41) is 3.38. The van der Waals surface area contributed by atoms with E-state index in [1.807, 2.05) is 13.8 Å². The highest BCUT2D eigenvalue weighted by Crippen LogP contribution is 2.22. The van der Waals surface area contributed by atoms with E-state index in [0.717, 1.165) is 19.3 Å². The van der Waals surface area contributed by atoms with Crippen molar-refractivity contribution in [3.8, 4) is 0 Å². The van der Waals surface area contributed by atoms with Gasteiger partial charge in [0.2, 0.25) is 0 Å². The molecule has 0 saturated carbocycles. The molecule has 0 atom stereocenters. The van der Waals surface area contributed by atoms with E-state index >= 15 is 0 Å². The molecule has 1 N–H and O–H groups in total. The van der Waals surface area contributed by atoms with Gasteiger partial charge < -0.3 is 5.32 Å². The molecule has 1 aromatic rings. The summed E-state index contributed by atoms with van der Waals surface area (Å²) in [5.74, 6) is 0.576. The largest absolute Gasteiger partial charge is 0.345 e. The van der Waals surface area contributed by atoms with Crippen molar-refractivity contribution >= 4 is 17.5 Å². The molecule has 0 bridgehead atoms. The van der Waals surface area contributed by atoms with Crippen LogP contribution in [0.4, 0.5) is 0 Å². The lowest BCUT2D eigenvalue weighted by Gasteiger charge is -2.31. The van der Waals surface area contributed by atoms with Gasteiger partial charge in [0.15, 0.2) is 0 Å². The number of carbonyl (C=O) groups excluding carboxylic acids is 1. The molecule has 4 nitrogen and oxygen atoms in total. The average Bonchev–Trinajstić information content (AvgIpc) is 2.45. The van der Waals surface area contributed by atoms with Gasteiger partial charge in [-0.1, -0.05) is 46.2 Å². The van der Waals surface area contributed by atoms with Crippen LogP contribution in [-0.2, 0) is 0 Å². The number of nitrogens with zero attached hydrogens (tertiary/aromatic N) is 2. The summed E-state index contributed by atoms with van der Waals surface area (Å²) in [4.78, 5) is 20.9. The van der Waals surface area contributed by atoms with Crippen LogP contribution in [0.5, 0.6) is 0 Å². The van der Waals surface area contributed by atoms with Crippen molar-refractivity contribution in [1.82, 2.24) is 15.3 Å². The first-order chi connectivity index (χ1) is 9.39. The van der Waals surface area contributed by atoms with Crippen LogP contribution in [0.15, 0.2) is 6.20 Å². The minimum absolute atomic E-state index is 0.159. The highest BCUT2D eigenvalue weighted by Gasteiger charge is 2.28. The topological polar surface area (TPSA) is 54.9 Å². The fourth-order valence-corrected chi connectivity index (χ4v) is 2.31. The second-order valence-corrected chi connectivity index (χ2v) is 5.78. The van der Waals surface area contributed by atoms with Crippen molar-refractivity contribution in [2.24, 2.45) is 0 Å². The lowest BCUT2D eigenvalue weighted by Crippen LogP contribution is -2.47. The molecule has 1 amide bonds. The van der Waals surface area contributed by atoms with E-state index in [0.29, 0.717) is 10.8 Å². The standard InChI is InChI=1S/C15H24ClN3O/c1-6-15(7-2,8-3)19-14(20)12-11(16)9-17-13(18-12)10(4)5/h9-10H,6-8H2,1-5H3,(H,19,20). The summed E-state index contributed by atoms with van der Waals surface area (Å²) in [7, 11) is 0. The quantitative estimate of drug-likeness (QED) is 0.865. The van der Waals surface area contributed by atoms with E-state index in [4.69, 9.17) is 11.6 Å². The van der Waals surface area contributed by atoms with Gasteiger partial charge in [-0.2, -0.15) is 0 Å². The zero-order valence-electron chi connectivity index (χ0n) is 13.0. The third-order valence-corrected chi connectivity index (χ3v) is 4.18. The maximum atomic E-state index is 12.4. The minimum atomic E-state index is -0.218. The predicted molar refractivity (Wildman–Crippen MR) is 82.2 cm³/mol. The lowest BCUT2D eigenvalue weighted by molar-refractivity contribution is 0.0882. The van der Waals surface area contributed by atoms with Gasteiger partial charge in [-0.15, -0.1) is 0 Å². The summed E-state index contributed by atoms with van der Waals surface area (Å²) in [6.07, 6.45) is 4.15. The van der Waals surface area contributed by atoms with E-state index in [9.17, 15) is 4.79 Å². The second kappa shape index (κ2) is 7.02. The Bertz CT molecular complexity index is 462. The number of aromatic nitrogens is 2. The summed E-state index contributed by atoms with van der Waals surface area (Å²) >= 11 is 6.07. The second-order valence-electron chi connectivity index (χ2n) is 5.37. The van der Waals surface area contributed by atoms with Crippen molar-refractivity contribution < 1.29 is 4.79 Å². The van der Waals surface area contributed by atoms with Crippen LogP contribution in [0.3, 0.4) is 0 Å². The Morgan fingerprint density at radius 2 is 1.85 bits per heavy atom. The van der Waals surface area contributed by atoms with Gasteiger partial charge in [-0.25, -0.2) is 9.97 Å². The zero-order chi connectivity index (χ0) is 15.3. The van der Waals surface area contributed by atoms with Gasteiger partial charge in [0, 0.05) is 11.5 Å². The van der Waals surface area contributed by atoms with E-state index in [1.54, 1.807) is 0 Å². The van der Waals surface area contributed by atoms with Crippen molar-refractivity contribution in [3.05, 3.63) is 22.7 Å².